The molecule has 0 bridgehead atoms. The van der Waals surface area contributed by atoms with Crippen LogP contribution in [-0.2, 0) is 6.42 Å². The highest BCUT2D eigenvalue weighted by atomic mass is 16.5. The smallest absolute Gasteiger partial charge is 0.248 e. The molecule has 0 radical (unpaired) electrons. The fourth-order valence-corrected chi connectivity index (χ4v) is 2.56. The number of aromatic nitrogens is 2. The fourth-order valence-electron chi connectivity index (χ4n) is 2.56. The maximum atomic E-state index is 6.22. The lowest BCUT2D eigenvalue weighted by molar-refractivity contribution is 0.354. The number of ether oxygens (including phenoxy) is 2. The molecule has 3 aromatic rings. The van der Waals surface area contributed by atoms with E-state index in [9.17, 15) is 0 Å². The van der Waals surface area contributed by atoms with Gasteiger partial charge in [0.15, 0.2) is 17.3 Å². The van der Waals surface area contributed by atoms with Gasteiger partial charge < -0.3 is 19.7 Å². The van der Waals surface area contributed by atoms with Gasteiger partial charge in [0.2, 0.25) is 5.89 Å². The van der Waals surface area contributed by atoms with Crippen molar-refractivity contribution in [3.63, 3.8) is 0 Å². The van der Waals surface area contributed by atoms with Crippen LogP contribution in [0.25, 0.3) is 0 Å². The van der Waals surface area contributed by atoms with Crippen molar-refractivity contribution in [2.24, 2.45) is 5.73 Å². The van der Waals surface area contributed by atoms with Crippen LogP contribution in [-0.4, -0.2) is 24.4 Å². The summed E-state index contributed by atoms with van der Waals surface area (Å²) in [5.74, 6) is 2.32. The Kier molecular flexibility index (Phi) is 5.00. The van der Waals surface area contributed by atoms with Crippen molar-refractivity contribution in [1.29, 1.82) is 0 Å². The monoisotopic (exact) mass is 339 g/mol. The summed E-state index contributed by atoms with van der Waals surface area (Å²) in [6.07, 6.45) is 0.518. The van der Waals surface area contributed by atoms with E-state index in [1.54, 1.807) is 14.2 Å². The Morgan fingerprint density at radius 3 is 2.44 bits per heavy atom. The molecule has 1 atom stereocenters. The molecule has 0 fully saturated rings. The third kappa shape index (κ3) is 3.80. The summed E-state index contributed by atoms with van der Waals surface area (Å²) >= 11 is 0. The first-order valence-electron chi connectivity index (χ1n) is 7.96. The second-order valence-electron chi connectivity index (χ2n) is 5.80. The molecule has 3 rings (SSSR count). The number of aryl methyl sites for hydroxylation is 1. The van der Waals surface area contributed by atoms with Crippen molar-refractivity contribution in [3.05, 3.63) is 70.9 Å². The lowest BCUT2D eigenvalue weighted by Crippen LogP contribution is -2.12. The number of rotatable bonds is 6. The number of nitrogens with two attached hydrogens (primary N) is 1. The van der Waals surface area contributed by atoms with Gasteiger partial charge in [0.05, 0.1) is 14.2 Å². The standard InChI is InChI=1S/C19H21N3O3/c1-12-4-7-14(8-5-12)18(20)19-21-17(22-25-19)11-13-6-9-15(23-2)16(10-13)24-3/h4-10,18H,11,20H2,1-3H3. The third-order valence-corrected chi connectivity index (χ3v) is 4.00. The molecule has 6 heteroatoms. The van der Waals surface area contributed by atoms with Gasteiger partial charge in [-0.3, -0.25) is 0 Å². The summed E-state index contributed by atoms with van der Waals surface area (Å²) in [7, 11) is 3.21. The minimum absolute atomic E-state index is 0.402. The topological polar surface area (TPSA) is 83.4 Å². The van der Waals surface area contributed by atoms with Crippen molar-refractivity contribution in [2.45, 2.75) is 19.4 Å². The minimum Gasteiger partial charge on any atom is -0.493 e. The van der Waals surface area contributed by atoms with E-state index in [0.717, 1.165) is 11.1 Å². The second-order valence-corrected chi connectivity index (χ2v) is 5.80. The van der Waals surface area contributed by atoms with Crippen molar-refractivity contribution >= 4 is 0 Å². The summed E-state index contributed by atoms with van der Waals surface area (Å²) in [6.45, 7) is 2.03. The van der Waals surface area contributed by atoms with E-state index in [1.165, 1.54) is 5.56 Å². The zero-order chi connectivity index (χ0) is 17.8. The molecule has 2 N–H and O–H groups in total. The van der Waals surface area contributed by atoms with Crippen LogP contribution in [0.4, 0.5) is 0 Å². The molecular weight excluding hydrogens is 318 g/mol. The molecule has 6 nitrogen and oxygen atoms in total. The highest BCUT2D eigenvalue weighted by Crippen LogP contribution is 2.28. The summed E-state index contributed by atoms with van der Waals surface area (Å²) < 4.78 is 15.9. The average molecular weight is 339 g/mol. The van der Waals surface area contributed by atoms with Gasteiger partial charge in [-0.25, -0.2) is 0 Å². The van der Waals surface area contributed by atoms with Crippen LogP contribution in [0.1, 0.15) is 34.4 Å². The van der Waals surface area contributed by atoms with Crippen LogP contribution in [0.3, 0.4) is 0 Å². The number of nitrogens with zero attached hydrogens (tertiary/aromatic N) is 2. The Balaban J connectivity index is 1.76. The highest BCUT2D eigenvalue weighted by molar-refractivity contribution is 5.43. The fraction of sp³-hybridized carbons (Fsp3) is 0.263. The maximum absolute atomic E-state index is 6.22. The highest BCUT2D eigenvalue weighted by Gasteiger charge is 2.17. The SMILES string of the molecule is COc1ccc(Cc2noc(C(N)c3ccc(C)cc3)n2)cc1OC. The van der Waals surface area contributed by atoms with Crippen LogP contribution in [0.2, 0.25) is 0 Å². The van der Waals surface area contributed by atoms with E-state index in [-0.39, 0.29) is 0 Å². The quantitative estimate of drug-likeness (QED) is 0.743. The molecule has 130 valence electrons. The van der Waals surface area contributed by atoms with Gasteiger partial charge >= 0.3 is 0 Å². The Hall–Kier alpha value is -2.86. The van der Waals surface area contributed by atoms with Crippen molar-refractivity contribution in [3.8, 4) is 11.5 Å². The largest absolute Gasteiger partial charge is 0.493 e. The van der Waals surface area contributed by atoms with Crippen molar-refractivity contribution in [2.75, 3.05) is 14.2 Å². The first-order valence-corrected chi connectivity index (χ1v) is 7.96. The molecule has 0 amide bonds. The van der Waals surface area contributed by atoms with Gasteiger partial charge in [-0.05, 0) is 30.2 Å². The predicted molar refractivity (Wildman–Crippen MR) is 93.9 cm³/mol. The third-order valence-electron chi connectivity index (χ3n) is 4.00. The number of hydrogen-bond acceptors (Lipinski definition) is 6. The molecule has 0 spiro atoms. The van der Waals surface area contributed by atoms with E-state index in [4.69, 9.17) is 19.7 Å². The number of hydrogen-bond donors (Lipinski definition) is 1. The van der Waals surface area contributed by atoms with Crippen LogP contribution in [0.5, 0.6) is 11.5 Å². The van der Waals surface area contributed by atoms with E-state index < -0.39 is 6.04 Å². The van der Waals surface area contributed by atoms with E-state index >= 15 is 0 Å². The van der Waals surface area contributed by atoms with Gasteiger partial charge in [0, 0.05) is 6.42 Å². The number of methoxy groups -OCH3 is 2. The van der Waals surface area contributed by atoms with Crippen molar-refractivity contribution in [1.82, 2.24) is 10.1 Å². The van der Waals surface area contributed by atoms with Crippen molar-refractivity contribution < 1.29 is 14.0 Å². The summed E-state index contributed by atoms with van der Waals surface area (Å²) in [5, 5.41) is 4.04. The minimum atomic E-state index is -0.438. The Bertz CT molecular complexity index is 843. The molecule has 0 aliphatic heterocycles. The number of benzene rings is 2. The van der Waals surface area contributed by atoms with Gasteiger partial charge in [-0.1, -0.05) is 41.1 Å². The normalized spacial score (nSPS) is 12.0. The second kappa shape index (κ2) is 7.36. The van der Waals surface area contributed by atoms with E-state index in [0.29, 0.717) is 29.6 Å². The lowest BCUT2D eigenvalue weighted by Gasteiger charge is -2.08. The lowest BCUT2D eigenvalue weighted by atomic mass is 10.1. The Labute approximate surface area is 146 Å². The zero-order valence-electron chi connectivity index (χ0n) is 14.5. The molecule has 2 aromatic carbocycles. The van der Waals surface area contributed by atoms with Crippen LogP contribution >= 0.6 is 0 Å². The molecule has 0 saturated heterocycles. The summed E-state index contributed by atoms with van der Waals surface area (Å²) in [5.41, 5.74) is 9.33. The van der Waals surface area contributed by atoms with Crippen LogP contribution < -0.4 is 15.2 Å². The Morgan fingerprint density at radius 2 is 1.76 bits per heavy atom. The van der Waals surface area contributed by atoms with Crippen LogP contribution in [0, 0.1) is 6.92 Å². The maximum Gasteiger partial charge on any atom is 0.248 e. The molecule has 1 unspecified atom stereocenters. The predicted octanol–water partition coefficient (Wildman–Crippen LogP) is 3.03. The molecule has 1 aromatic heterocycles. The molecule has 0 aliphatic rings. The summed E-state index contributed by atoms with van der Waals surface area (Å²) in [4.78, 5) is 4.43. The molecule has 1 heterocycles. The molecular formula is C19H21N3O3. The van der Waals surface area contributed by atoms with Gasteiger partial charge in [0.25, 0.3) is 0 Å². The van der Waals surface area contributed by atoms with Gasteiger partial charge in [-0.15, -0.1) is 0 Å². The van der Waals surface area contributed by atoms with Gasteiger partial charge in [-0.2, -0.15) is 4.98 Å². The zero-order valence-corrected chi connectivity index (χ0v) is 14.5. The van der Waals surface area contributed by atoms with Crippen LogP contribution in [0.15, 0.2) is 47.0 Å². The molecule has 0 aliphatic carbocycles. The Morgan fingerprint density at radius 1 is 1.04 bits per heavy atom. The first-order chi connectivity index (χ1) is 12.1. The van der Waals surface area contributed by atoms with Gasteiger partial charge in [0.1, 0.15) is 6.04 Å². The average Bonchev–Trinajstić information content (AvgIpc) is 3.10. The molecule has 0 saturated carbocycles. The summed E-state index contributed by atoms with van der Waals surface area (Å²) in [6, 6.07) is 13.2. The molecule has 25 heavy (non-hydrogen) atoms. The first kappa shape index (κ1) is 17.0. The van der Waals surface area contributed by atoms with E-state index in [1.807, 2.05) is 49.4 Å². The van der Waals surface area contributed by atoms with E-state index in [2.05, 4.69) is 10.1 Å².